The fraction of sp³-hybridized carbons (Fsp3) is 0.200. The van der Waals surface area contributed by atoms with Crippen molar-refractivity contribution in [3.8, 4) is 11.5 Å². The van der Waals surface area contributed by atoms with Gasteiger partial charge in [-0.2, -0.15) is 0 Å². The van der Waals surface area contributed by atoms with E-state index in [0.29, 0.717) is 0 Å². The maximum Gasteiger partial charge on any atom is 0.308 e. The van der Waals surface area contributed by atoms with E-state index in [9.17, 15) is 29.4 Å². The first-order valence-corrected chi connectivity index (χ1v) is 8.56. The van der Waals surface area contributed by atoms with Gasteiger partial charge in [0.1, 0.15) is 5.75 Å². The zero-order chi connectivity index (χ0) is 20.9. The van der Waals surface area contributed by atoms with Gasteiger partial charge >= 0.3 is 5.97 Å². The third-order valence-electron chi connectivity index (χ3n) is 4.79. The van der Waals surface area contributed by atoms with Crippen LogP contribution in [0.2, 0.25) is 0 Å². The third kappa shape index (κ3) is 2.79. The van der Waals surface area contributed by atoms with E-state index in [4.69, 9.17) is 9.47 Å². The highest BCUT2D eigenvalue weighted by Gasteiger charge is 2.45. The van der Waals surface area contributed by atoms with E-state index in [1.165, 1.54) is 12.1 Å². The van der Waals surface area contributed by atoms with Crippen molar-refractivity contribution in [1.82, 2.24) is 0 Å². The Labute approximate surface area is 163 Å². The number of esters is 1. The lowest BCUT2D eigenvalue weighted by molar-refractivity contribution is -0.210. The maximum absolute atomic E-state index is 13.2. The van der Waals surface area contributed by atoms with Crippen LogP contribution >= 0.6 is 0 Å². The molecule has 9 nitrogen and oxygen atoms in total. The van der Waals surface area contributed by atoms with Crippen LogP contribution in [0.3, 0.4) is 0 Å². The monoisotopic (exact) mass is 398 g/mol. The van der Waals surface area contributed by atoms with Gasteiger partial charge in [-0.05, 0) is 0 Å². The molecule has 1 heterocycles. The van der Waals surface area contributed by atoms with Gasteiger partial charge in [0.2, 0.25) is 6.29 Å². The first-order valence-electron chi connectivity index (χ1n) is 8.56. The largest absolute Gasteiger partial charge is 0.506 e. The molecule has 0 aromatic heterocycles. The highest BCUT2D eigenvalue weighted by atomic mass is 16.7. The Hall–Kier alpha value is -3.56. The van der Waals surface area contributed by atoms with Gasteiger partial charge < -0.3 is 24.4 Å². The maximum atomic E-state index is 13.2. The van der Waals surface area contributed by atoms with Gasteiger partial charge in [0.25, 0.3) is 6.47 Å². The molecule has 2 N–H and O–H groups in total. The minimum atomic E-state index is -1.84. The van der Waals surface area contributed by atoms with Crippen molar-refractivity contribution >= 4 is 34.8 Å². The first kappa shape index (κ1) is 18.8. The van der Waals surface area contributed by atoms with Crippen molar-refractivity contribution in [3.05, 3.63) is 46.5 Å². The summed E-state index contributed by atoms with van der Waals surface area (Å²) in [6, 6.07) is 6.26. The molecule has 0 saturated carbocycles. The van der Waals surface area contributed by atoms with Gasteiger partial charge in [0.05, 0.1) is 16.7 Å². The van der Waals surface area contributed by atoms with E-state index in [0.717, 1.165) is 6.92 Å². The number of hydrogen-bond donors (Lipinski definition) is 2. The normalized spacial score (nSPS) is 20.9. The second kappa shape index (κ2) is 6.80. The summed E-state index contributed by atoms with van der Waals surface area (Å²) >= 11 is 0. The summed E-state index contributed by atoms with van der Waals surface area (Å²) in [5.41, 5.74) is -1.18. The number of aliphatic hydroxyl groups excluding tert-OH is 1. The van der Waals surface area contributed by atoms with Crippen LogP contribution in [0.25, 0.3) is 10.8 Å². The van der Waals surface area contributed by atoms with E-state index in [1.807, 2.05) is 0 Å². The van der Waals surface area contributed by atoms with E-state index in [2.05, 4.69) is 4.74 Å². The number of phenols is 1. The number of carbonyl (C=O) groups excluding carboxylic acids is 4. The molecule has 1 aliphatic heterocycles. The second-order valence-corrected chi connectivity index (χ2v) is 6.47. The molecule has 2 aromatic rings. The van der Waals surface area contributed by atoms with E-state index >= 15 is 0 Å². The van der Waals surface area contributed by atoms with Crippen molar-refractivity contribution in [1.29, 1.82) is 0 Å². The molecule has 2 unspecified atom stereocenters. The summed E-state index contributed by atoms with van der Waals surface area (Å²) in [5.74, 6) is -2.96. The van der Waals surface area contributed by atoms with E-state index in [1.54, 1.807) is 12.1 Å². The minimum Gasteiger partial charge on any atom is -0.506 e. The van der Waals surface area contributed by atoms with Crippen molar-refractivity contribution in [2.24, 2.45) is 0 Å². The van der Waals surface area contributed by atoms with Crippen LogP contribution in [0.15, 0.2) is 35.4 Å². The SMILES string of the molecule is CC(=O)Oc1c2c(c(O)c3ccccc13)C(=O)C1=C(C2=O)C(O)OC(OC=O)C1. The van der Waals surface area contributed by atoms with Crippen LogP contribution in [0.5, 0.6) is 11.5 Å². The highest BCUT2D eigenvalue weighted by Crippen LogP contribution is 2.46. The number of fused-ring (bicyclic) bond motifs is 2. The molecule has 0 saturated heterocycles. The molecule has 2 aliphatic rings. The molecule has 0 fully saturated rings. The zero-order valence-electron chi connectivity index (χ0n) is 15.0. The van der Waals surface area contributed by atoms with Gasteiger partial charge in [-0.3, -0.25) is 19.2 Å². The van der Waals surface area contributed by atoms with Crippen LogP contribution in [0, 0.1) is 0 Å². The van der Waals surface area contributed by atoms with E-state index in [-0.39, 0.29) is 51.7 Å². The van der Waals surface area contributed by atoms with Crippen molar-refractivity contribution in [3.63, 3.8) is 0 Å². The lowest BCUT2D eigenvalue weighted by atomic mass is 9.79. The summed E-state index contributed by atoms with van der Waals surface area (Å²) in [4.78, 5) is 48.6. The summed E-state index contributed by atoms with van der Waals surface area (Å²) < 4.78 is 15.0. The molecular weight excluding hydrogens is 384 g/mol. The van der Waals surface area contributed by atoms with Gasteiger partial charge in [-0.1, -0.05) is 24.3 Å². The van der Waals surface area contributed by atoms with Crippen LogP contribution in [-0.4, -0.2) is 46.8 Å². The predicted octanol–water partition coefficient (Wildman–Crippen LogP) is 1.38. The zero-order valence-corrected chi connectivity index (χ0v) is 15.0. The van der Waals surface area contributed by atoms with Gasteiger partial charge in [-0.15, -0.1) is 0 Å². The summed E-state index contributed by atoms with van der Waals surface area (Å²) in [5, 5.41) is 21.5. The molecule has 2 atom stereocenters. The molecule has 4 rings (SSSR count). The number of rotatable bonds is 3. The smallest absolute Gasteiger partial charge is 0.308 e. The number of ketones is 2. The lowest BCUT2D eigenvalue weighted by Crippen LogP contribution is -2.39. The molecule has 0 radical (unpaired) electrons. The fourth-order valence-corrected chi connectivity index (χ4v) is 3.65. The van der Waals surface area contributed by atoms with Crippen molar-refractivity contribution < 1.29 is 43.6 Å². The molecular formula is C20H14O9. The molecule has 1 aliphatic carbocycles. The quantitative estimate of drug-likeness (QED) is 0.446. The number of ether oxygens (including phenoxy) is 3. The summed E-state index contributed by atoms with van der Waals surface area (Å²) in [7, 11) is 0. The highest BCUT2D eigenvalue weighted by molar-refractivity contribution is 6.31. The van der Waals surface area contributed by atoms with Crippen LogP contribution < -0.4 is 4.74 Å². The number of phenolic OH excluding ortho intramolecular Hbond substituents is 1. The van der Waals surface area contributed by atoms with Crippen molar-refractivity contribution in [2.75, 3.05) is 0 Å². The molecule has 0 amide bonds. The van der Waals surface area contributed by atoms with Gasteiger partial charge in [0.15, 0.2) is 23.6 Å². The Balaban J connectivity index is 2.02. The molecule has 9 heteroatoms. The third-order valence-corrected chi connectivity index (χ3v) is 4.79. The summed E-state index contributed by atoms with van der Waals surface area (Å²) in [6.07, 6.45) is -3.40. The van der Waals surface area contributed by atoms with Crippen molar-refractivity contribution in [2.45, 2.75) is 25.9 Å². The number of aliphatic hydroxyl groups is 1. The number of aromatic hydroxyl groups is 1. The number of carbonyl (C=O) groups is 4. The second-order valence-electron chi connectivity index (χ2n) is 6.47. The molecule has 2 aromatic carbocycles. The standard InChI is InChI=1S/C20H14O9/c1-8(22)28-19-10-5-3-2-4-9(10)16(23)14-15(19)18(25)13-11(17(14)24)6-12(27-7-21)29-20(13)26/h2-5,7,12,20,23,26H,6H2,1H3. The lowest BCUT2D eigenvalue weighted by Gasteiger charge is -2.32. The number of benzene rings is 2. The Morgan fingerprint density at radius 1 is 1.17 bits per heavy atom. The Bertz CT molecular complexity index is 1130. The van der Waals surface area contributed by atoms with E-state index < -0.39 is 35.9 Å². The van der Waals surface area contributed by atoms with Crippen LogP contribution in [0.4, 0.5) is 0 Å². The first-order chi connectivity index (χ1) is 13.8. The topological polar surface area (TPSA) is 136 Å². The van der Waals surface area contributed by atoms with Crippen LogP contribution in [0.1, 0.15) is 34.1 Å². The van der Waals surface area contributed by atoms with Gasteiger partial charge in [-0.25, -0.2) is 0 Å². The average Bonchev–Trinajstić information content (AvgIpc) is 2.67. The molecule has 29 heavy (non-hydrogen) atoms. The molecule has 0 spiro atoms. The predicted molar refractivity (Wildman–Crippen MR) is 95.3 cm³/mol. The molecule has 0 bridgehead atoms. The number of hydrogen-bond acceptors (Lipinski definition) is 9. The Morgan fingerprint density at radius 2 is 1.86 bits per heavy atom. The Kier molecular flexibility index (Phi) is 4.40. The minimum absolute atomic E-state index is 0.0931. The van der Waals surface area contributed by atoms with Crippen LogP contribution in [-0.2, 0) is 19.1 Å². The molecule has 148 valence electrons. The number of Topliss-reactive ketones (excluding diaryl/α,β-unsaturated/α-hetero) is 2. The fourth-order valence-electron chi connectivity index (χ4n) is 3.65. The Morgan fingerprint density at radius 3 is 2.52 bits per heavy atom. The average molecular weight is 398 g/mol. The summed E-state index contributed by atoms with van der Waals surface area (Å²) in [6.45, 7) is 1.23. The van der Waals surface area contributed by atoms with Gasteiger partial charge in [0, 0.05) is 29.7 Å².